The quantitative estimate of drug-likeness (QED) is 0.556. The van der Waals surface area contributed by atoms with Crippen LogP contribution in [-0.2, 0) is 12.3 Å². The Morgan fingerprint density at radius 3 is 2.74 bits per heavy atom. The van der Waals surface area contributed by atoms with Crippen LogP contribution in [0.15, 0.2) is 58.6 Å². The standard InChI is InChI=1S/C17H17N3O2S/c21-11-5-10-20-16(22)14-7-1-2-8-15(14)19-17(20)23-12-13-6-3-4-9-18-13/h1-4,6-9,21H,5,10-12H2. The maximum Gasteiger partial charge on any atom is 0.262 e. The number of fused-ring (bicyclic) bond motifs is 1. The van der Waals surface area contributed by atoms with Gasteiger partial charge in [-0.3, -0.25) is 14.3 Å². The molecule has 0 aliphatic rings. The van der Waals surface area contributed by atoms with Crippen molar-refractivity contribution in [2.24, 2.45) is 0 Å². The van der Waals surface area contributed by atoms with Crippen LogP contribution in [0.3, 0.4) is 0 Å². The van der Waals surface area contributed by atoms with Gasteiger partial charge < -0.3 is 5.11 Å². The van der Waals surface area contributed by atoms with E-state index in [2.05, 4.69) is 9.97 Å². The second-order valence-electron chi connectivity index (χ2n) is 5.06. The second kappa shape index (κ2) is 7.39. The maximum atomic E-state index is 12.7. The van der Waals surface area contributed by atoms with Crippen LogP contribution >= 0.6 is 11.8 Å². The molecule has 0 spiro atoms. The van der Waals surface area contributed by atoms with Gasteiger partial charge in [0.2, 0.25) is 0 Å². The van der Waals surface area contributed by atoms with Crippen molar-refractivity contribution >= 4 is 22.7 Å². The van der Waals surface area contributed by atoms with Crippen LogP contribution in [0.4, 0.5) is 0 Å². The van der Waals surface area contributed by atoms with Gasteiger partial charge in [0.05, 0.1) is 16.6 Å². The zero-order valence-electron chi connectivity index (χ0n) is 12.6. The summed E-state index contributed by atoms with van der Waals surface area (Å²) in [5.41, 5.74) is 1.57. The zero-order valence-corrected chi connectivity index (χ0v) is 13.4. The van der Waals surface area contributed by atoms with Crippen molar-refractivity contribution in [3.63, 3.8) is 0 Å². The van der Waals surface area contributed by atoms with Crippen LogP contribution in [-0.4, -0.2) is 26.2 Å². The summed E-state index contributed by atoms with van der Waals surface area (Å²) in [6.45, 7) is 0.501. The summed E-state index contributed by atoms with van der Waals surface area (Å²) in [7, 11) is 0. The Morgan fingerprint density at radius 1 is 1.13 bits per heavy atom. The third kappa shape index (κ3) is 3.60. The third-order valence-electron chi connectivity index (χ3n) is 3.44. The SMILES string of the molecule is O=c1c2ccccc2nc(SCc2ccccn2)n1CCCO. The first kappa shape index (κ1) is 15.7. The normalized spacial score (nSPS) is 11.0. The first-order valence-electron chi connectivity index (χ1n) is 7.43. The fraction of sp³-hybridized carbons (Fsp3) is 0.235. The smallest absolute Gasteiger partial charge is 0.262 e. The summed E-state index contributed by atoms with van der Waals surface area (Å²) < 4.78 is 1.64. The summed E-state index contributed by atoms with van der Waals surface area (Å²) in [5, 5.41) is 10.3. The number of para-hydroxylation sites is 1. The van der Waals surface area contributed by atoms with Gasteiger partial charge in [-0.05, 0) is 30.7 Å². The third-order valence-corrected chi connectivity index (χ3v) is 4.45. The molecular formula is C17H17N3O2S. The molecule has 0 aliphatic carbocycles. The van der Waals surface area contributed by atoms with E-state index in [1.54, 1.807) is 16.8 Å². The maximum absolute atomic E-state index is 12.7. The lowest BCUT2D eigenvalue weighted by Crippen LogP contribution is -2.24. The van der Waals surface area contributed by atoms with Crippen molar-refractivity contribution in [2.75, 3.05) is 6.61 Å². The molecule has 0 bridgehead atoms. The topological polar surface area (TPSA) is 68.0 Å². The van der Waals surface area contributed by atoms with Crippen molar-refractivity contribution in [3.8, 4) is 0 Å². The number of benzene rings is 1. The van der Waals surface area contributed by atoms with Crippen LogP contribution in [0.5, 0.6) is 0 Å². The lowest BCUT2D eigenvalue weighted by molar-refractivity contribution is 0.276. The van der Waals surface area contributed by atoms with Crippen LogP contribution in [0, 0.1) is 0 Å². The number of pyridine rings is 1. The summed E-state index contributed by atoms with van der Waals surface area (Å²) in [5.74, 6) is 0.644. The van der Waals surface area contributed by atoms with Crippen molar-refractivity contribution in [1.82, 2.24) is 14.5 Å². The van der Waals surface area contributed by atoms with Gasteiger partial charge >= 0.3 is 0 Å². The highest BCUT2D eigenvalue weighted by atomic mass is 32.2. The summed E-state index contributed by atoms with van der Waals surface area (Å²) in [6.07, 6.45) is 2.28. The molecule has 118 valence electrons. The van der Waals surface area contributed by atoms with Gasteiger partial charge in [0.15, 0.2) is 5.16 Å². The van der Waals surface area contributed by atoms with Crippen LogP contribution in [0.25, 0.3) is 10.9 Å². The lowest BCUT2D eigenvalue weighted by Gasteiger charge is -2.12. The first-order valence-corrected chi connectivity index (χ1v) is 8.41. The summed E-state index contributed by atoms with van der Waals surface area (Å²) in [6, 6.07) is 13.1. The molecule has 2 heterocycles. The van der Waals surface area contributed by atoms with E-state index < -0.39 is 0 Å². The largest absolute Gasteiger partial charge is 0.396 e. The molecule has 3 rings (SSSR count). The molecule has 0 atom stereocenters. The molecule has 3 aromatic rings. The highest BCUT2D eigenvalue weighted by Crippen LogP contribution is 2.21. The fourth-order valence-corrected chi connectivity index (χ4v) is 3.25. The molecule has 0 amide bonds. The molecule has 0 saturated heterocycles. The number of hydrogen-bond acceptors (Lipinski definition) is 5. The summed E-state index contributed by atoms with van der Waals surface area (Å²) in [4.78, 5) is 21.6. The molecule has 0 unspecified atom stereocenters. The van der Waals surface area contributed by atoms with Crippen LogP contribution in [0.2, 0.25) is 0 Å². The number of thioether (sulfide) groups is 1. The Labute approximate surface area is 138 Å². The molecule has 6 heteroatoms. The summed E-state index contributed by atoms with van der Waals surface area (Å²) >= 11 is 1.49. The Morgan fingerprint density at radius 2 is 1.96 bits per heavy atom. The molecule has 2 aromatic heterocycles. The molecule has 5 nitrogen and oxygen atoms in total. The van der Waals surface area contributed by atoms with Crippen molar-refractivity contribution in [1.29, 1.82) is 0 Å². The Kier molecular flexibility index (Phi) is 5.05. The Hall–Kier alpha value is -2.18. The number of aromatic nitrogens is 3. The van der Waals surface area contributed by atoms with Crippen molar-refractivity contribution < 1.29 is 5.11 Å². The molecule has 0 aliphatic heterocycles. The Bertz CT molecular complexity index is 849. The second-order valence-corrected chi connectivity index (χ2v) is 6.00. The highest BCUT2D eigenvalue weighted by Gasteiger charge is 2.11. The van der Waals surface area contributed by atoms with E-state index >= 15 is 0 Å². The van der Waals surface area contributed by atoms with E-state index in [1.165, 1.54) is 11.8 Å². The van der Waals surface area contributed by atoms with Gasteiger partial charge in [0.1, 0.15) is 0 Å². The van der Waals surface area contributed by atoms with Crippen LogP contribution in [0.1, 0.15) is 12.1 Å². The lowest BCUT2D eigenvalue weighted by atomic mass is 10.2. The Balaban J connectivity index is 1.97. The van der Waals surface area contributed by atoms with Gasteiger partial charge in [-0.2, -0.15) is 0 Å². The van der Waals surface area contributed by atoms with Gasteiger partial charge in [0, 0.05) is 25.1 Å². The van der Waals surface area contributed by atoms with E-state index in [-0.39, 0.29) is 12.2 Å². The minimum atomic E-state index is -0.0624. The van der Waals surface area contributed by atoms with Crippen molar-refractivity contribution in [3.05, 3.63) is 64.7 Å². The monoisotopic (exact) mass is 327 g/mol. The highest BCUT2D eigenvalue weighted by molar-refractivity contribution is 7.98. The molecule has 0 saturated carbocycles. The van der Waals surface area contributed by atoms with Gasteiger partial charge in [-0.15, -0.1) is 0 Å². The molecule has 23 heavy (non-hydrogen) atoms. The number of rotatable bonds is 6. The van der Waals surface area contributed by atoms with Gasteiger partial charge in [-0.1, -0.05) is 30.0 Å². The predicted octanol–water partition coefficient (Wildman–Crippen LogP) is 2.47. The molecule has 1 aromatic carbocycles. The molecule has 1 N–H and O–H groups in total. The zero-order chi connectivity index (χ0) is 16.1. The molecule has 0 radical (unpaired) electrons. The van der Waals surface area contributed by atoms with Crippen molar-refractivity contribution in [2.45, 2.75) is 23.9 Å². The average molecular weight is 327 g/mol. The average Bonchev–Trinajstić information content (AvgIpc) is 2.60. The minimum absolute atomic E-state index is 0.0453. The van der Waals surface area contributed by atoms with E-state index in [1.807, 2.05) is 36.4 Å². The fourth-order valence-electron chi connectivity index (χ4n) is 2.31. The van der Waals surface area contributed by atoms with E-state index in [9.17, 15) is 4.79 Å². The van der Waals surface area contributed by atoms with E-state index in [4.69, 9.17) is 5.11 Å². The molecular weight excluding hydrogens is 310 g/mol. The number of nitrogens with zero attached hydrogens (tertiary/aromatic N) is 3. The van der Waals surface area contributed by atoms with Gasteiger partial charge in [0.25, 0.3) is 5.56 Å². The van der Waals surface area contributed by atoms with E-state index in [0.717, 1.165) is 5.69 Å². The number of hydrogen-bond donors (Lipinski definition) is 1. The van der Waals surface area contributed by atoms with Crippen LogP contribution < -0.4 is 5.56 Å². The van der Waals surface area contributed by atoms with Gasteiger partial charge in [-0.25, -0.2) is 4.98 Å². The minimum Gasteiger partial charge on any atom is -0.396 e. The predicted molar refractivity (Wildman–Crippen MR) is 91.5 cm³/mol. The van der Waals surface area contributed by atoms with E-state index in [0.29, 0.717) is 34.8 Å². The number of aliphatic hydroxyl groups excluding tert-OH is 1. The molecule has 0 fully saturated rings. The number of aliphatic hydroxyl groups is 1. The first-order chi connectivity index (χ1) is 11.3.